The molecule has 1 heterocycles. The number of nitrogens with one attached hydrogen (secondary N) is 1. The molecule has 1 saturated heterocycles. The van der Waals surface area contributed by atoms with Crippen LogP contribution < -0.4 is 4.72 Å². The van der Waals surface area contributed by atoms with Crippen molar-refractivity contribution in [2.24, 2.45) is 0 Å². The van der Waals surface area contributed by atoms with Gasteiger partial charge in [-0.15, -0.1) is 0 Å². The average molecular weight is 324 g/mol. The van der Waals surface area contributed by atoms with E-state index in [-0.39, 0.29) is 18.5 Å². The third-order valence-electron chi connectivity index (χ3n) is 4.08. The molecule has 1 N–H and O–H groups in total. The molecule has 5 nitrogen and oxygen atoms in total. The number of amides is 1. The van der Waals surface area contributed by atoms with Crippen LogP contribution >= 0.6 is 0 Å². The molecule has 2 rings (SSSR count). The molecule has 0 spiro atoms. The first-order valence-corrected chi connectivity index (χ1v) is 9.64. The molecule has 1 unspecified atom stereocenters. The largest absolute Gasteiger partial charge is 0.334 e. The van der Waals surface area contributed by atoms with Crippen LogP contribution in [-0.2, 0) is 16.4 Å². The topological polar surface area (TPSA) is 66.5 Å². The Hall–Kier alpha value is -1.40. The smallest absolute Gasteiger partial charge is 0.254 e. The van der Waals surface area contributed by atoms with E-state index in [0.717, 1.165) is 31.9 Å². The van der Waals surface area contributed by atoms with Gasteiger partial charge >= 0.3 is 0 Å². The van der Waals surface area contributed by atoms with Crippen LogP contribution in [0.5, 0.6) is 0 Å². The maximum atomic E-state index is 12.7. The molecular formula is C16H24N2O3S. The summed E-state index contributed by atoms with van der Waals surface area (Å²) in [6.45, 7) is 3.05. The Bertz CT molecular complexity index is 611. The highest BCUT2D eigenvalue weighted by molar-refractivity contribution is 7.88. The van der Waals surface area contributed by atoms with E-state index in [1.165, 1.54) is 5.56 Å². The zero-order valence-electron chi connectivity index (χ0n) is 13.2. The highest BCUT2D eigenvalue weighted by atomic mass is 32.2. The van der Waals surface area contributed by atoms with Gasteiger partial charge in [-0.1, -0.05) is 19.1 Å². The van der Waals surface area contributed by atoms with Gasteiger partial charge in [-0.05, 0) is 43.4 Å². The molecular weight excluding hydrogens is 300 g/mol. The number of sulfonamides is 1. The lowest BCUT2D eigenvalue weighted by atomic mass is 10.0. The molecule has 0 radical (unpaired) electrons. The van der Waals surface area contributed by atoms with Gasteiger partial charge in [0, 0.05) is 24.7 Å². The van der Waals surface area contributed by atoms with Crippen LogP contribution in [0.25, 0.3) is 0 Å². The van der Waals surface area contributed by atoms with E-state index in [1.54, 1.807) is 0 Å². The van der Waals surface area contributed by atoms with Gasteiger partial charge in [0.25, 0.3) is 5.91 Å². The Morgan fingerprint density at radius 3 is 2.55 bits per heavy atom. The number of piperidine rings is 1. The molecule has 22 heavy (non-hydrogen) atoms. The quantitative estimate of drug-likeness (QED) is 0.898. The van der Waals surface area contributed by atoms with E-state index < -0.39 is 10.0 Å². The standard InChI is InChI=1S/C16H24N2O3S/c1-3-13-7-9-14(10-8-13)16(19)18-11-5-4-6-15(18)12-17-22(2,20)21/h7-10,15,17H,3-6,11-12H2,1-2H3. The van der Waals surface area contributed by atoms with Crippen LogP contribution in [-0.4, -0.2) is 44.6 Å². The molecule has 1 fully saturated rings. The van der Waals surface area contributed by atoms with Gasteiger partial charge in [0.2, 0.25) is 10.0 Å². The van der Waals surface area contributed by atoms with E-state index >= 15 is 0 Å². The second-order valence-electron chi connectivity index (χ2n) is 5.82. The monoisotopic (exact) mass is 324 g/mol. The van der Waals surface area contributed by atoms with Crippen molar-refractivity contribution in [2.75, 3.05) is 19.3 Å². The number of rotatable bonds is 5. The molecule has 1 aliphatic heterocycles. The fraction of sp³-hybridized carbons (Fsp3) is 0.562. The Labute approximate surface area is 132 Å². The van der Waals surface area contributed by atoms with Gasteiger partial charge in [-0.2, -0.15) is 0 Å². The van der Waals surface area contributed by atoms with Crippen molar-refractivity contribution in [3.63, 3.8) is 0 Å². The maximum absolute atomic E-state index is 12.7. The van der Waals surface area contributed by atoms with E-state index in [9.17, 15) is 13.2 Å². The number of carbonyl (C=O) groups is 1. The summed E-state index contributed by atoms with van der Waals surface area (Å²) in [4.78, 5) is 14.5. The fourth-order valence-corrected chi connectivity index (χ4v) is 3.27. The number of benzene rings is 1. The summed E-state index contributed by atoms with van der Waals surface area (Å²) >= 11 is 0. The average Bonchev–Trinajstić information content (AvgIpc) is 2.52. The van der Waals surface area contributed by atoms with Crippen LogP contribution in [0.15, 0.2) is 24.3 Å². The van der Waals surface area contributed by atoms with E-state index in [0.29, 0.717) is 12.1 Å². The Morgan fingerprint density at radius 1 is 1.27 bits per heavy atom. The van der Waals surface area contributed by atoms with Crippen molar-refractivity contribution in [3.8, 4) is 0 Å². The lowest BCUT2D eigenvalue weighted by Gasteiger charge is -2.35. The molecule has 1 aliphatic rings. The molecule has 1 amide bonds. The number of hydrogen-bond acceptors (Lipinski definition) is 3. The normalized spacial score (nSPS) is 19.2. The molecule has 1 aromatic rings. The van der Waals surface area contributed by atoms with Gasteiger partial charge in [0.15, 0.2) is 0 Å². The minimum atomic E-state index is -3.23. The molecule has 122 valence electrons. The summed E-state index contributed by atoms with van der Waals surface area (Å²) in [6, 6.07) is 7.59. The lowest BCUT2D eigenvalue weighted by Crippen LogP contribution is -2.49. The van der Waals surface area contributed by atoms with Crippen molar-refractivity contribution in [2.45, 2.75) is 38.6 Å². The van der Waals surface area contributed by atoms with Gasteiger partial charge in [-0.25, -0.2) is 13.1 Å². The summed E-state index contributed by atoms with van der Waals surface area (Å²) in [7, 11) is -3.23. The summed E-state index contributed by atoms with van der Waals surface area (Å²) in [5.74, 6) is -0.0114. The Kier molecular flexibility index (Phi) is 5.58. The number of aryl methyl sites for hydroxylation is 1. The zero-order chi connectivity index (χ0) is 16.2. The highest BCUT2D eigenvalue weighted by Gasteiger charge is 2.27. The molecule has 0 aromatic heterocycles. The first-order valence-electron chi connectivity index (χ1n) is 7.75. The first kappa shape index (κ1) is 17.0. The third kappa shape index (κ3) is 4.55. The Morgan fingerprint density at radius 2 is 1.95 bits per heavy atom. The van der Waals surface area contributed by atoms with E-state index in [2.05, 4.69) is 11.6 Å². The van der Waals surface area contributed by atoms with Crippen molar-refractivity contribution in [3.05, 3.63) is 35.4 Å². The summed E-state index contributed by atoms with van der Waals surface area (Å²) in [6.07, 6.45) is 4.91. The van der Waals surface area contributed by atoms with Crippen molar-refractivity contribution in [1.82, 2.24) is 9.62 Å². The number of carbonyl (C=O) groups excluding carboxylic acids is 1. The molecule has 6 heteroatoms. The predicted octanol–water partition coefficient (Wildman–Crippen LogP) is 1.79. The first-order chi connectivity index (χ1) is 10.4. The zero-order valence-corrected chi connectivity index (χ0v) is 14.0. The molecule has 1 atom stereocenters. The number of nitrogens with zero attached hydrogens (tertiary/aromatic N) is 1. The maximum Gasteiger partial charge on any atom is 0.254 e. The van der Waals surface area contributed by atoms with Crippen LogP contribution in [0.2, 0.25) is 0 Å². The van der Waals surface area contributed by atoms with Crippen molar-refractivity contribution >= 4 is 15.9 Å². The minimum Gasteiger partial charge on any atom is -0.334 e. The molecule has 0 saturated carbocycles. The predicted molar refractivity (Wildman–Crippen MR) is 87.3 cm³/mol. The molecule has 0 aliphatic carbocycles. The fourth-order valence-electron chi connectivity index (χ4n) is 2.78. The highest BCUT2D eigenvalue weighted by Crippen LogP contribution is 2.20. The Balaban J connectivity index is 2.10. The number of hydrogen-bond donors (Lipinski definition) is 1. The second kappa shape index (κ2) is 7.24. The summed E-state index contributed by atoms with van der Waals surface area (Å²) < 4.78 is 25.1. The summed E-state index contributed by atoms with van der Waals surface area (Å²) in [5, 5.41) is 0. The van der Waals surface area contributed by atoms with Crippen molar-refractivity contribution in [1.29, 1.82) is 0 Å². The SMILES string of the molecule is CCc1ccc(C(=O)N2CCCCC2CNS(C)(=O)=O)cc1. The molecule has 0 bridgehead atoms. The van der Waals surface area contributed by atoms with Crippen molar-refractivity contribution < 1.29 is 13.2 Å². The number of likely N-dealkylation sites (tertiary alicyclic amines) is 1. The second-order valence-corrected chi connectivity index (χ2v) is 7.65. The van der Waals surface area contributed by atoms with E-state index in [4.69, 9.17) is 0 Å². The third-order valence-corrected chi connectivity index (χ3v) is 4.77. The van der Waals surface area contributed by atoms with Gasteiger partial charge < -0.3 is 4.90 Å². The van der Waals surface area contributed by atoms with Crippen LogP contribution in [0.1, 0.15) is 42.1 Å². The summed E-state index contributed by atoms with van der Waals surface area (Å²) in [5.41, 5.74) is 1.87. The minimum absolute atomic E-state index is 0.0114. The lowest BCUT2D eigenvalue weighted by molar-refractivity contribution is 0.0619. The van der Waals surface area contributed by atoms with Crippen LogP contribution in [0.3, 0.4) is 0 Å². The van der Waals surface area contributed by atoms with Gasteiger partial charge in [-0.3, -0.25) is 4.79 Å². The van der Waals surface area contributed by atoms with Gasteiger partial charge in [0.1, 0.15) is 0 Å². The van der Waals surface area contributed by atoms with E-state index in [1.807, 2.05) is 29.2 Å². The molecule has 1 aromatic carbocycles. The van der Waals surface area contributed by atoms with Crippen LogP contribution in [0.4, 0.5) is 0 Å². The van der Waals surface area contributed by atoms with Gasteiger partial charge in [0.05, 0.1) is 6.26 Å². The van der Waals surface area contributed by atoms with Crippen LogP contribution in [0, 0.1) is 0 Å².